The molecule has 0 saturated carbocycles. The lowest BCUT2D eigenvalue weighted by molar-refractivity contribution is -0.137. The molecule has 112 valence electrons. The molecule has 2 aromatic rings. The molecule has 2 heterocycles. The van der Waals surface area contributed by atoms with E-state index < -0.39 is 11.7 Å². The van der Waals surface area contributed by atoms with Crippen LogP contribution in [-0.2, 0) is 12.7 Å². The molecular formula is C14H15F3N4. The minimum Gasteiger partial charge on any atom is -0.302 e. The second-order valence-corrected chi connectivity index (χ2v) is 4.48. The van der Waals surface area contributed by atoms with Crippen LogP contribution < -0.4 is 5.32 Å². The van der Waals surface area contributed by atoms with E-state index in [0.717, 1.165) is 18.7 Å². The minimum absolute atomic E-state index is 0.0599. The molecule has 0 aliphatic heterocycles. The summed E-state index contributed by atoms with van der Waals surface area (Å²) in [5, 5.41) is 3.19. The average molecular weight is 296 g/mol. The van der Waals surface area contributed by atoms with Crippen LogP contribution in [0.2, 0.25) is 0 Å². The van der Waals surface area contributed by atoms with Gasteiger partial charge in [-0.3, -0.25) is 4.98 Å². The summed E-state index contributed by atoms with van der Waals surface area (Å²) in [6, 6.07) is 4.07. The van der Waals surface area contributed by atoms with E-state index in [0.29, 0.717) is 18.1 Å². The Hall–Kier alpha value is -2.02. The fourth-order valence-corrected chi connectivity index (χ4v) is 1.83. The summed E-state index contributed by atoms with van der Waals surface area (Å²) in [6.07, 6.45) is 0.566. The zero-order valence-corrected chi connectivity index (χ0v) is 11.4. The topological polar surface area (TPSA) is 50.7 Å². The van der Waals surface area contributed by atoms with Gasteiger partial charge in [0.2, 0.25) is 0 Å². The third-order valence-electron chi connectivity index (χ3n) is 2.99. The first-order chi connectivity index (χ1) is 10.0. The third kappa shape index (κ3) is 4.22. The summed E-state index contributed by atoms with van der Waals surface area (Å²) in [5.74, 6) is 0.659. The fourth-order valence-electron chi connectivity index (χ4n) is 1.83. The highest BCUT2D eigenvalue weighted by Gasteiger charge is 2.30. The van der Waals surface area contributed by atoms with Crippen LogP contribution in [0.15, 0.2) is 36.8 Å². The van der Waals surface area contributed by atoms with Gasteiger partial charge in [-0.1, -0.05) is 6.92 Å². The fraction of sp³-hybridized carbons (Fsp3) is 0.357. The van der Waals surface area contributed by atoms with E-state index >= 15 is 0 Å². The number of rotatable bonds is 5. The van der Waals surface area contributed by atoms with E-state index in [1.165, 1.54) is 6.07 Å². The number of hydrogen-bond donors (Lipinski definition) is 1. The Morgan fingerprint density at radius 2 is 1.86 bits per heavy atom. The zero-order valence-electron chi connectivity index (χ0n) is 11.4. The van der Waals surface area contributed by atoms with Gasteiger partial charge in [0.1, 0.15) is 5.82 Å². The Bertz CT molecular complexity index is 555. The molecule has 0 aliphatic carbocycles. The molecule has 0 radical (unpaired) electrons. The molecule has 0 amide bonds. The molecule has 0 bridgehead atoms. The maximum Gasteiger partial charge on any atom is 0.417 e. The van der Waals surface area contributed by atoms with Crippen LogP contribution in [0.1, 0.15) is 36.5 Å². The van der Waals surface area contributed by atoms with Crippen LogP contribution in [0.3, 0.4) is 0 Å². The van der Waals surface area contributed by atoms with Gasteiger partial charge in [-0.25, -0.2) is 9.97 Å². The van der Waals surface area contributed by atoms with Crippen molar-refractivity contribution in [2.45, 2.75) is 32.1 Å². The minimum atomic E-state index is -4.36. The highest BCUT2D eigenvalue weighted by Crippen LogP contribution is 2.28. The standard InChI is InChI=1S/C14H15F3N4/c1-2-12(13-18-6-3-7-19-13)21-9-11-5-4-10(8-20-11)14(15,16)17/h3-8,12,21H,2,9H2,1H3. The van der Waals surface area contributed by atoms with Crippen LogP contribution in [0.25, 0.3) is 0 Å². The maximum absolute atomic E-state index is 12.4. The summed E-state index contributed by atoms with van der Waals surface area (Å²) >= 11 is 0. The molecule has 0 aromatic carbocycles. The highest BCUT2D eigenvalue weighted by molar-refractivity contribution is 5.17. The van der Waals surface area contributed by atoms with Gasteiger partial charge >= 0.3 is 6.18 Å². The van der Waals surface area contributed by atoms with Crippen LogP contribution in [0, 0.1) is 0 Å². The van der Waals surface area contributed by atoms with E-state index in [1.54, 1.807) is 18.5 Å². The molecule has 1 atom stereocenters. The van der Waals surface area contributed by atoms with Crippen molar-refractivity contribution in [3.63, 3.8) is 0 Å². The second kappa shape index (κ2) is 6.62. The van der Waals surface area contributed by atoms with Crippen molar-refractivity contribution in [3.05, 3.63) is 53.9 Å². The zero-order chi connectivity index (χ0) is 15.3. The second-order valence-electron chi connectivity index (χ2n) is 4.48. The van der Waals surface area contributed by atoms with E-state index in [1.807, 2.05) is 6.92 Å². The summed E-state index contributed by atoms with van der Waals surface area (Å²) in [5.41, 5.74) is -0.206. The number of hydrogen-bond acceptors (Lipinski definition) is 4. The van der Waals surface area contributed by atoms with Gasteiger partial charge in [-0.15, -0.1) is 0 Å². The van der Waals surface area contributed by atoms with E-state index in [2.05, 4.69) is 20.3 Å². The largest absolute Gasteiger partial charge is 0.417 e. The number of pyridine rings is 1. The SMILES string of the molecule is CCC(NCc1ccc(C(F)(F)F)cn1)c1ncccn1. The number of nitrogens with one attached hydrogen (secondary N) is 1. The summed E-state index contributed by atoms with van der Waals surface area (Å²) < 4.78 is 37.3. The van der Waals surface area contributed by atoms with E-state index in [-0.39, 0.29) is 6.04 Å². The van der Waals surface area contributed by atoms with Crippen molar-refractivity contribution in [1.82, 2.24) is 20.3 Å². The Kier molecular flexibility index (Phi) is 4.85. The lowest BCUT2D eigenvalue weighted by Gasteiger charge is -2.15. The lowest BCUT2D eigenvalue weighted by atomic mass is 10.2. The molecule has 1 unspecified atom stereocenters. The average Bonchev–Trinajstić information content (AvgIpc) is 2.48. The van der Waals surface area contributed by atoms with Crippen molar-refractivity contribution in [1.29, 1.82) is 0 Å². The van der Waals surface area contributed by atoms with Crippen LogP contribution >= 0.6 is 0 Å². The third-order valence-corrected chi connectivity index (χ3v) is 2.99. The van der Waals surface area contributed by atoms with Gasteiger partial charge in [0, 0.05) is 25.1 Å². The number of alkyl halides is 3. The number of aromatic nitrogens is 3. The normalized spacial score (nSPS) is 13.1. The molecule has 0 spiro atoms. The molecule has 4 nitrogen and oxygen atoms in total. The lowest BCUT2D eigenvalue weighted by Crippen LogP contribution is -2.22. The molecule has 7 heteroatoms. The van der Waals surface area contributed by atoms with Gasteiger partial charge in [0.15, 0.2) is 0 Å². The smallest absolute Gasteiger partial charge is 0.302 e. The van der Waals surface area contributed by atoms with Crippen molar-refractivity contribution in [3.8, 4) is 0 Å². The molecule has 0 aliphatic rings. The van der Waals surface area contributed by atoms with Gasteiger partial charge in [0.05, 0.1) is 17.3 Å². The van der Waals surface area contributed by atoms with E-state index in [9.17, 15) is 13.2 Å². The number of halogens is 3. The first-order valence-electron chi connectivity index (χ1n) is 6.53. The molecule has 0 fully saturated rings. The van der Waals surface area contributed by atoms with Crippen molar-refractivity contribution < 1.29 is 13.2 Å². The highest BCUT2D eigenvalue weighted by atomic mass is 19.4. The van der Waals surface area contributed by atoms with Crippen LogP contribution in [-0.4, -0.2) is 15.0 Å². The Balaban J connectivity index is 1.99. The van der Waals surface area contributed by atoms with Crippen molar-refractivity contribution in [2.75, 3.05) is 0 Å². The Morgan fingerprint density at radius 1 is 1.14 bits per heavy atom. The Morgan fingerprint density at radius 3 is 2.38 bits per heavy atom. The van der Waals surface area contributed by atoms with Crippen LogP contribution in [0.5, 0.6) is 0 Å². The first-order valence-corrected chi connectivity index (χ1v) is 6.53. The Labute approximate surface area is 120 Å². The van der Waals surface area contributed by atoms with Crippen molar-refractivity contribution in [2.24, 2.45) is 0 Å². The van der Waals surface area contributed by atoms with Gasteiger partial charge in [-0.05, 0) is 24.6 Å². The molecule has 2 aromatic heterocycles. The summed E-state index contributed by atoms with van der Waals surface area (Å²) in [4.78, 5) is 12.2. The van der Waals surface area contributed by atoms with Gasteiger partial charge < -0.3 is 5.32 Å². The summed E-state index contributed by atoms with van der Waals surface area (Å²) in [7, 11) is 0. The quantitative estimate of drug-likeness (QED) is 0.921. The molecule has 21 heavy (non-hydrogen) atoms. The predicted molar refractivity (Wildman–Crippen MR) is 71.1 cm³/mol. The monoisotopic (exact) mass is 296 g/mol. The molecule has 2 rings (SSSR count). The van der Waals surface area contributed by atoms with Crippen molar-refractivity contribution >= 4 is 0 Å². The molecule has 0 saturated heterocycles. The van der Waals surface area contributed by atoms with Gasteiger partial charge in [0.25, 0.3) is 0 Å². The molecule has 1 N–H and O–H groups in total. The molecular weight excluding hydrogens is 281 g/mol. The van der Waals surface area contributed by atoms with Crippen LogP contribution in [0.4, 0.5) is 13.2 Å². The predicted octanol–water partition coefficient (Wildman–Crippen LogP) is 3.13. The van der Waals surface area contributed by atoms with E-state index in [4.69, 9.17) is 0 Å². The number of nitrogens with zero attached hydrogens (tertiary/aromatic N) is 3. The summed E-state index contributed by atoms with van der Waals surface area (Å²) in [6.45, 7) is 2.34. The maximum atomic E-state index is 12.4. The van der Waals surface area contributed by atoms with Gasteiger partial charge in [-0.2, -0.15) is 13.2 Å². The first kappa shape index (κ1) is 15.4.